The number of nitrogens with two attached hydrogens (primary N) is 2. The highest BCUT2D eigenvalue weighted by Gasteiger charge is 2.40. The smallest absolute Gasteiger partial charge is 0.165 e. The number of aromatic nitrogens is 5. The number of halogens is 3. The van der Waals surface area contributed by atoms with Crippen molar-refractivity contribution in [3.8, 4) is 17.0 Å². The molecule has 6 rings (SSSR count). The van der Waals surface area contributed by atoms with Crippen LogP contribution in [-0.2, 0) is 6.54 Å². The number of rotatable bonds is 5. The molecule has 13 heteroatoms. The number of hydrogen-bond acceptors (Lipinski definition) is 9. The maximum Gasteiger partial charge on any atom is 0.165 e. The van der Waals surface area contributed by atoms with Gasteiger partial charge in [-0.25, -0.2) is 23.7 Å². The van der Waals surface area contributed by atoms with E-state index < -0.39 is 17.2 Å². The van der Waals surface area contributed by atoms with Gasteiger partial charge in [0.15, 0.2) is 34.0 Å². The Labute approximate surface area is 239 Å². The van der Waals surface area contributed by atoms with Crippen LogP contribution in [0.15, 0.2) is 71.8 Å². The third kappa shape index (κ3) is 4.84. The molecular formula is C28H26ClF2N9O. The van der Waals surface area contributed by atoms with Crippen LogP contribution in [0.2, 0.25) is 0 Å². The van der Waals surface area contributed by atoms with Gasteiger partial charge < -0.3 is 25.7 Å². The number of benzene rings is 1. The number of pyridine rings is 1. The van der Waals surface area contributed by atoms with E-state index in [1.807, 2.05) is 10.6 Å². The van der Waals surface area contributed by atoms with Gasteiger partial charge in [0.05, 0.1) is 37.6 Å². The van der Waals surface area contributed by atoms with Gasteiger partial charge in [-0.05, 0) is 54.8 Å². The summed E-state index contributed by atoms with van der Waals surface area (Å²) in [5.41, 5.74) is 15.8. The van der Waals surface area contributed by atoms with E-state index in [4.69, 9.17) is 27.8 Å². The molecule has 10 nitrogen and oxygen atoms in total. The molecule has 0 aliphatic carbocycles. The first-order valence-corrected chi connectivity index (χ1v) is 13.2. The summed E-state index contributed by atoms with van der Waals surface area (Å²) in [4.78, 5) is 24.1. The molecule has 4 aromatic rings. The van der Waals surface area contributed by atoms with E-state index in [0.29, 0.717) is 54.2 Å². The summed E-state index contributed by atoms with van der Waals surface area (Å²) in [5.74, 6) is -0.697. The van der Waals surface area contributed by atoms with E-state index in [0.717, 1.165) is 17.7 Å². The second-order valence-corrected chi connectivity index (χ2v) is 10.3. The molecule has 2 aliphatic heterocycles. The van der Waals surface area contributed by atoms with Crippen molar-refractivity contribution < 1.29 is 13.5 Å². The molecule has 1 aromatic carbocycles. The lowest BCUT2D eigenvalue weighted by molar-refractivity contribution is 0.386. The molecule has 210 valence electrons. The predicted octanol–water partition coefficient (Wildman–Crippen LogP) is 4.35. The zero-order chi connectivity index (χ0) is 28.7. The van der Waals surface area contributed by atoms with Crippen molar-refractivity contribution >= 4 is 39.4 Å². The number of piperidine rings is 1. The molecule has 0 bridgehead atoms. The Morgan fingerprint density at radius 2 is 1.95 bits per heavy atom. The largest absolute Gasteiger partial charge is 0.494 e. The number of nitrogens with zero attached hydrogens (tertiary/aromatic N) is 7. The predicted molar refractivity (Wildman–Crippen MR) is 154 cm³/mol. The third-order valence-electron chi connectivity index (χ3n) is 7.45. The number of nitrogen functional groups attached to an aromatic ring is 1. The Kier molecular flexibility index (Phi) is 6.78. The molecule has 1 atom stereocenters. The first-order chi connectivity index (χ1) is 19.8. The molecule has 0 saturated carbocycles. The number of aliphatic imine (C=N–C) groups is 1. The Balaban J connectivity index is 1.44. The van der Waals surface area contributed by atoms with Gasteiger partial charge in [0.1, 0.15) is 17.4 Å². The lowest BCUT2D eigenvalue weighted by Gasteiger charge is -2.42. The Hall–Kier alpha value is -4.58. The normalized spacial score (nSPS) is 19.1. The summed E-state index contributed by atoms with van der Waals surface area (Å²) < 4.78 is 35.8. The summed E-state index contributed by atoms with van der Waals surface area (Å²) in [6.45, 7) is 1.40. The fourth-order valence-corrected chi connectivity index (χ4v) is 5.57. The molecule has 0 unspecified atom stereocenters. The molecule has 0 amide bonds. The van der Waals surface area contributed by atoms with Crippen LogP contribution in [0.25, 0.3) is 22.4 Å². The van der Waals surface area contributed by atoms with Gasteiger partial charge in [-0.3, -0.25) is 9.98 Å². The molecule has 3 aromatic heterocycles. The molecule has 41 heavy (non-hydrogen) atoms. The van der Waals surface area contributed by atoms with Gasteiger partial charge in [0.2, 0.25) is 0 Å². The fourth-order valence-electron chi connectivity index (χ4n) is 5.34. The van der Waals surface area contributed by atoms with E-state index in [1.165, 1.54) is 31.7 Å². The minimum Gasteiger partial charge on any atom is -0.494 e. The van der Waals surface area contributed by atoms with E-state index in [-0.39, 0.29) is 16.7 Å². The molecule has 1 saturated heterocycles. The van der Waals surface area contributed by atoms with Crippen LogP contribution in [0, 0.1) is 5.82 Å². The van der Waals surface area contributed by atoms with Crippen molar-refractivity contribution in [3.63, 3.8) is 0 Å². The van der Waals surface area contributed by atoms with Crippen LogP contribution in [-0.4, -0.2) is 55.4 Å². The fraction of sp³-hybridized carbons (Fsp3) is 0.250. The van der Waals surface area contributed by atoms with Crippen molar-refractivity contribution in [2.24, 2.45) is 10.7 Å². The molecule has 2 aliphatic rings. The third-order valence-corrected chi connectivity index (χ3v) is 7.72. The number of hydrogen-bond donors (Lipinski definition) is 2. The van der Waals surface area contributed by atoms with Crippen LogP contribution in [0.5, 0.6) is 5.75 Å². The van der Waals surface area contributed by atoms with Crippen LogP contribution >= 0.6 is 11.6 Å². The standard InChI is InChI=1S/C28H26ClF2N9O/c1-41-22-5-3-16(9-19(22)31)20-10-17(12-40-15-37-24-26(33)35-14-36-27(24)40)21(11-34-20)39-8-2-7-28(13-39)23(32)6-4-18(30)25(29)38-28/h3-6,9-11,14-15H,2,7-8,12-13,32H2,1H3,(H2,33,35,36)/t28-/m1/s1. The van der Waals surface area contributed by atoms with Gasteiger partial charge in [-0.1, -0.05) is 11.6 Å². The van der Waals surface area contributed by atoms with Crippen molar-refractivity contribution in [1.29, 1.82) is 0 Å². The molecule has 1 fully saturated rings. The van der Waals surface area contributed by atoms with Crippen molar-refractivity contribution in [3.05, 3.63) is 78.2 Å². The summed E-state index contributed by atoms with van der Waals surface area (Å²) in [6.07, 6.45) is 8.88. The molecular weight excluding hydrogens is 552 g/mol. The second-order valence-electron chi connectivity index (χ2n) is 9.95. The molecule has 4 N–H and O–H groups in total. The zero-order valence-electron chi connectivity index (χ0n) is 22.1. The Morgan fingerprint density at radius 3 is 2.76 bits per heavy atom. The highest BCUT2D eigenvalue weighted by molar-refractivity contribution is 6.69. The Morgan fingerprint density at radius 1 is 1.10 bits per heavy atom. The lowest BCUT2D eigenvalue weighted by atomic mass is 9.86. The summed E-state index contributed by atoms with van der Waals surface area (Å²) in [6, 6.07) is 6.60. The average molecular weight is 578 g/mol. The number of methoxy groups -OCH3 is 1. The average Bonchev–Trinajstić information content (AvgIpc) is 3.35. The van der Waals surface area contributed by atoms with E-state index in [2.05, 4.69) is 29.8 Å². The Bertz CT molecular complexity index is 1750. The van der Waals surface area contributed by atoms with Gasteiger partial charge in [-0.15, -0.1) is 0 Å². The first kappa shape index (κ1) is 26.6. The van der Waals surface area contributed by atoms with Gasteiger partial charge in [0.25, 0.3) is 0 Å². The topological polar surface area (TPSA) is 133 Å². The van der Waals surface area contributed by atoms with E-state index in [9.17, 15) is 8.78 Å². The minimum absolute atomic E-state index is 0.144. The SMILES string of the molecule is COc1ccc(-c2cc(Cn3cnc4c(N)ncnc43)c(N3CCC[C@]4(C3)N=C(Cl)C(F)=CC=C4N)cn2)cc1F. The van der Waals surface area contributed by atoms with Crippen LogP contribution < -0.4 is 21.1 Å². The van der Waals surface area contributed by atoms with Crippen LogP contribution in [0.1, 0.15) is 18.4 Å². The highest BCUT2D eigenvalue weighted by Crippen LogP contribution is 2.37. The second kappa shape index (κ2) is 10.4. The zero-order valence-corrected chi connectivity index (χ0v) is 22.8. The van der Waals surface area contributed by atoms with Crippen molar-refractivity contribution in [1.82, 2.24) is 24.5 Å². The summed E-state index contributed by atoms with van der Waals surface area (Å²) in [5, 5.41) is -0.207. The number of anilines is 2. The number of ether oxygens (including phenoxy) is 1. The van der Waals surface area contributed by atoms with Gasteiger partial charge in [0, 0.05) is 24.4 Å². The van der Waals surface area contributed by atoms with E-state index in [1.54, 1.807) is 24.7 Å². The number of fused-ring (bicyclic) bond motifs is 1. The lowest BCUT2D eigenvalue weighted by Crippen LogP contribution is -2.50. The first-order valence-electron chi connectivity index (χ1n) is 12.9. The number of imidazole rings is 1. The van der Waals surface area contributed by atoms with Crippen molar-refractivity contribution in [2.75, 3.05) is 30.8 Å². The maximum absolute atomic E-state index is 14.6. The summed E-state index contributed by atoms with van der Waals surface area (Å²) >= 11 is 6.19. The molecule has 0 radical (unpaired) electrons. The van der Waals surface area contributed by atoms with Gasteiger partial charge in [-0.2, -0.15) is 0 Å². The van der Waals surface area contributed by atoms with E-state index >= 15 is 0 Å². The quantitative estimate of drug-likeness (QED) is 0.358. The summed E-state index contributed by atoms with van der Waals surface area (Å²) in [7, 11) is 1.41. The van der Waals surface area contributed by atoms with Gasteiger partial charge >= 0.3 is 0 Å². The maximum atomic E-state index is 14.6. The minimum atomic E-state index is -0.905. The highest BCUT2D eigenvalue weighted by atomic mass is 35.5. The molecule has 1 spiro atoms. The van der Waals surface area contributed by atoms with Crippen LogP contribution in [0.4, 0.5) is 20.3 Å². The van der Waals surface area contributed by atoms with Crippen molar-refractivity contribution in [2.45, 2.75) is 24.9 Å². The molecule has 5 heterocycles. The monoisotopic (exact) mass is 577 g/mol. The number of allylic oxidation sites excluding steroid dienone is 3. The van der Waals surface area contributed by atoms with Crippen LogP contribution in [0.3, 0.4) is 0 Å².